The van der Waals surface area contributed by atoms with Gasteiger partial charge in [0.05, 0.1) is 5.02 Å². The van der Waals surface area contributed by atoms with Crippen molar-refractivity contribution < 1.29 is 4.39 Å². The average molecular weight is 298 g/mol. The SMILES string of the molecule is CCNC(Cc1cccc(F)c1Cl)c1cscc1C. The Morgan fingerprint density at radius 2 is 2.16 bits per heavy atom. The number of likely N-dealkylation sites (N-methyl/N-ethyl adjacent to an activating group) is 1. The summed E-state index contributed by atoms with van der Waals surface area (Å²) in [6, 6.07) is 5.16. The van der Waals surface area contributed by atoms with Crippen LogP contribution in [0.1, 0.15) is 29.7 Å². The van der Waals surface area contributed by atoms with Crippen molar-refractivity contribution in [3.63, 3.8) is 0 Å². The number of hydrogen-bond acceptors (Lipinski definition) is 2. The van der Waals surface area contributed by atoms with Crippen molar-refractivity contribution in [2.24, 2.45) is 0 Å². The van der Waals surface area contributed by atoms with Crippen molar-refractivity contribution in [3.8, 4) is 0 Å². The standard InChI is InChI=1S/C15H17ClFNS/c1-3-18-14(12-9-19-8-10(12)2)7-11-5-4-6-13(17)15(11)16/h4-6,8-9,14,18H,3,7H2,1-2H3. The summed E-state index contributed by atoms with van der Waals surface area (Å²) >= 11 is 7.73. The van der Waals surface area contributed by atoms with Gasteiger partial charge < -0.3 is 5.32 Å². The zero-order valence-corrected chi connectivity index (χ0v) is 12.6. The molecule has 19 heavy (non-hydrogen) atoms. The zero-order valence-electron chi connectivity index (χ0n) is 11.0. The van der Waals surface area contributed by atoms with E-state index >= 15 is 0 Å². The topological polar surface area (TPSA) is 12.0 Å². The van der Waals surface area contributed by atoms with Gasteiger partial charge in [-0.3, -0.25) is 0 Å². The molecule has 0 amide bonds. The molecule has 0 fully saturated rings. The molecule has 102 valence electrons. The molecule has 1 nitrogen and oxygen atoms in total. The van der Waals surface area contributed by atoms with E-state index in [2.05, 4.69) is 29.9 Å². The molecule has 1 aromatic heterocycles. The van der Waals surface area contributed by atoms with Crippen LogP contribution >= 0.6 is 22.9 Å². The van der Waals surface area contributed by atoms with E-state index in [0.29, 0.717) is 6.42 Å². The molecule has 0 saturated carbocycles. The molecule has 1 heterocycles. The smallest absolute Gasteiger partial charge is 0.142 e. The van der Waals surface area contributed by atoms with Gasteiger partial charge in [0, 0.05) is 6.04 Å². The van der Waals surface area contributed by atoms with Crippen molar-refractivity contribution >= 4 is 22.9 Å². The summed E-state index contributed by atoms with van der Waals surface area (Å²) in [6.45, 7) is 5.04. The van der Waals surface area contributed by atoms with Crippen molar-refractivity contribution in [2.75, 3.05) is 6.54 Å². The largest absolute Gasteiger partial charge is 0.310 e. The molecule has 0 radical (unpaired) electrons. The molecule has 1 aromatic carbocycles. The van der Waals surface area contributed by atoms with E-state index in [1.54, 1.807) is 17.4 Å². The molecule has 0 bridgehead atoms. The number of thiophene rings is 1. The van der Waals surface area contributed by atoms with Gasteiger partial charge in [-0.2, -0.15) is 11.3 Å². The first kappa shape index (κ1) is 14.5. The minimum Gasteiger partial charge on any atom is -0.310 e. The molecule has 0 spiro atoms. The van der Waals surface area contributed by atoms with Crippen LogP contribution in [-0.4, -0.2) is 6.54 Å². The monoisotopic (exact) mass is 297 g/mol. The van der Waals surface area contributed by atoms with Crippen molar-refractivity contribution in [1.29, 1.82) is 0 Å². The summed E-state index contributed by atoms with van der Waals surface area (Å²) in [5.41, 5.74) is 3.38. The second kappa shape index (κ2) is 6.51. The van der Waals surface area contributed by atoms with Gasteiger partial charge in [-0.1, -0.05) is 30.7 Å². The van der Waals surface area contributed by atoms with Gasteiger partial charge in [0.2, 0.25) is 0 Å². The van der Waals surface area contributed by atoms with E-state index in [1.165, 1.54) is 17.2 Å². The second-order valence-corrected chi connectivity index (χ2v) is 5.66. The summed E-state index contributed by atoms with van der Waals surface area (Å²) < 4.78 is 13.5. The highest BCUT2D eigenvalue weighted by atomic mass is 35.5. The average Bonchev–Trinajstić information content (AvgIpc) is 2.80. The van der Waals surface area contributed by atoms with E-state index in [9.17, 15) is 4.39 Å². The van der Waals surface area contributed by atoms with Crippen LogP contribution in [0.4, 0.5) is 4.39 Å². The second-order valence-electron chi connectivity index (χ2n) is 4.54. The van der Waals surface area contributed by atoms with E-state index < -0.39 is 0 Å². The summed E-state index contributed by atoms with van der Waals surface area (Å²) in [7, 11) is 0. The lowest BCUT2D eigenvalue weighted by atomic mass is 9.98. The lowest BCUT2D eigenvalue weighted by molar-refractivity contribution is 0.546. The van der Waals surface area contributed by atoms with Crippen LogP contribution in [0.3, 0.4) is 0 Å². The highest BCUT2D eigenvalue weighted by molar-refractivity contribution is 7.08. The number of halogens is 2. The van der Waals surface area contributed by atoms with E-state index in [-0.39, 0.29) is 16.9 Å². The normalized spacial score (nSPS) is 12.6. The maximum atomic E-state index is 13.5. The predicted molar refractivity (Wildman–Crippen MR) is 80.6 cm³/mol. The highest BCUT2D eigenvalue weighted by Gasteiger charge is 2.16. The maximum absolute atomic E-state index is 13.5. The van der Waals surface area contributed by atoms with E-state index in [4.69, 9.17) is 11.6 Å². The number of benzene rings is 1. The molecule has 0 aliphatic rings. The van der Waals surface area contributed by atoms with Gasteiger partial charge in [0.15, 0.2) is 0 Å². The molecule has 1 unspecified atom stereocenters. The van der Waals surface area contributed by atoms with Gasteiger partial charge in [-0.15, -0.1) is 0 Å². The Balaban J connectivity index is 2.27. The Kier molecular flexibility index (Phi) is 4.97. The molecule has 0 aliphatic carbocycles. The predicted octanol–water partition coefficient (Wildman–Crippen LogP) is 4.74. The number of nitrogens with one attached hydrogen (secondary N) is 1. The summed E-state index contributed by atoms with van der Waals surface area (Å²) in [5.74, 6) is -0.351. The first-order valence-electron chi connectivity index (χ1n) is 6.32. The van der Waals surface area contributed by atoms with Crippen molar-refractivity contribution in [1.82, 2.24) is 5.32 Å². The van der Waals surface area contributed by atoms with Gasteiger partial charge >= 0.3 is 0 Å². The van der Waals surface area contributed by atoms with Gasteiger partial charge in [-0.25, -0.2) is 4.39 Å². The van der Waals surface area contributed by atoms with Crippen molar-refractivity contribution in [3.05, 3.63) is 56.5 Å². The molecular formula is C15H17ClFNS. The molecular weight excluding hydrogens is 281 g/mol. The van der Waals surface area contributed by atoms with Gasteiger partial charge in [0.1, 0.15) is 5.82 Å². The Morgan fingerprint density at radius 1 is 1.37 bits per heavy atom. The molecule has 0 aliphatic heterocycles. The molecule has 1 N–H and O–H groups in total. The first-order valence-corrected chi connectivity index (χ1v) is 7.64. The highest BCUT2D eigenvalue weighted by Crippen LogP contribution is 2.28. The quantitative estimate of drug-likeness (QED) is 0.840. The van der Waals surface area contributed by atoms with E-state index in [0.717, 1.165) is 12.1 Å². The van der Waals surface area contributed by atoms with Gasteiger partial charge in [0.25, 0.3) is 0 Å². The third-order valence-electron chi connectivity index (χ3n) is 3.18. The maximum Gasteiger partial charge on any atom is 0.142 e. The number of hydrogen-bond donors (Lipinski definition) is 1. The van der Waals surface area contributed by atoms with Crippen LogP contribution < -0.4 is 5.32 Å². The summed E-state index contributed by atoms with van der Waals surface area (Å²) in [4.78, 5) is 0. The Hall–Kier alpha value is -0.900. The Bertz CT molecular complexity index is 553. The van der Waals surface area contributed by atoms with Crippen LogP contribution in [0, 0.1) is 12.7 Å². The van der Waals surface area contributed by atoms with Crippen molar-refractivity contribution in [2.45, 2.75) is 26.3 Å². The Labute approximate surface area is 122 Å². The molecule has 0 saturated heterocycles. The fraction of sp³-hybridized carbons (Fsp3) is 0.333. The van der Waals surface area contributed by atoms with Crippen LogP contribution in [0.15, 0.2) is 29.0 Å². The third-order valence-corrected chi connectivity index (χ3v) is 4.48. The van der Waals surface area contributed by atoms with Gasteiger partial charge in [-0.05, 0) is 53.4 Å². The fourth-order valence-electron chi connectivity index (χ4n) is 2.19. The molecule has 2 aromatic rings. The number of aryl methyl sites for hydroxylation is 1. The molecule has 2 rings (SSSR count). The third kappa shape index (κ3) is 3.35. The summed E-state index contributed by atoms with van der Waals surface area (Å²) in [6.07, 6.45) is 0.696. The van der Waals surface area contributed by atoms with Crippen LogP contribution in [0.2, 0.25) is 5.02 Å². The van der Waals surface area contributed by atoms with Crippen LogP contribution in [-0.2, 0) is 6.42 Å². The van der Waals surface area contributed by atoms with E-state index in [1.807, 2.05) is 6.07 Å². The molecule has 1 atom stereocenters. The number of rotatable bonds is 5. The Morgan fingerprint density at radius 3 is 2.79 bits per heavy atom. The molecule has 4 heteroatoms. The zero-order chi connectivity index (χ0) is 13.8. The lowest BCUT2D eigenvalue weighted by Crippen LogP contribution is -2.23. The van der Waals surface area contributed by atoms with Crippen LogP contribution in [0.25, 0.3) is 0 Å². The first-order chi connectivity index (χ1) is 9.13. The minimum atomic E-state index is -0.351. The minimum absolute atomic E-state index is 0.176. The summed E-state index contributed by atoms with van der Waals surface area (Å²) in [5, 5.41) is 7.96. The lowest BCUT2D eigenvalue weighted by Gasteiger charge is -2.19. The van der Waals surface area contributed by atoms with Crippen LogP contribution in [0.5, 0.6) is 0 Å². The fourth-order valence-corrected chi connectivity index (χ4v) is 3.30.